The van der Waals surface area contributed by atoms with Gasteiger partial charge < -0.3 is 10.3 Å². The second kappa shape index (κ2) is 4.70. The van der Waals surface area contributed by atoms with Crippen molar-refractivity contribution in [2.24, 2.45) is 0 Å². The maximum absolute atomic E-state index is 11.0. The first-order chi connectivity index (χ1) is 5.45. The Morgan fingerprint density at radius 2 is 1.92 bits per heavy atom. The molecule has 0 fully saturated rings. The molecule has 0 aliphatic carbocycles. The molecule has 0 spiro atoms. The van der Waals surface area contributed by atoms with Gasteiger partial charge in [0.15, 0.2) is 0 Å². The maximum Gasteiger partial charge on any atom is 0.223 e. The molecule has 0 aliphatic rings. The van der Waals surface area contributed by atoms with E-state index in [2.05, 4.69) is 0 Å². The highest BCUT2D eigenvalue weighted by Gasteiger charge is 2.07. The maximum atomic E-state index is 11.0. The molecule has 3 nitrogen and oxygen atoms in total. The van der Waals surface area contributed by atoms with Crippen molar-refractivity contribution < 1.29 is 4.79 Å². The van der Waals surface area contributed by atoms with E-state index in [1.807, 2.05) is 13.8 Å². The molecule has 0 atom stereocenters. The summed E-state index contributed by atoms with van der Waals surface area (Å²) in [5.41, 5.74) is 0.446. The van der Waals surface area contributed by atoms with Crippen molar-refractivity contribution in [2.45, 2.75) is 33.7 Å². The number of amides is 1. The van der Waals surface area contributed by atoms with E-state index in [0.29, 0.717) is 5.71 Å². The predicted molar refractivity (Wildman–Crippen MR) is 50.2 cm³/mol. The van der Waals surface area contributed by atoms with Crippen molar-refractivity contribution in [1.29, 1.82) is 5.41 Å². The summed E-state index contributed by atoms with van der Waals surface area (Å²) in [7, 11) is 0. The molecule has 0 radical (unpaired) electrons. The Labute approximate surface area is 73.6 Å². The molecule has 0 rings (SSSR count). The Morgan fingerprint density at radius 3 is 2.17 bits per heavy atom. The van der Waals surface area contributed by atoms with Gasteiger partial charge in [0.2, 0.25) is 5.91 Å². The topological polar surface area (TPSA) is 44.2 Å². The van der Waals surface area contributed by atoms with Crippen LogP contribution in [0.2, 0.25) is 0 Å². The van der Waals surface area contributed by atoms with E-state index in [0.717, 1.165) is 0 Å². The Morgan fingerprint density at radius 1 is 1.42 bits per heavy atom. The zero-order chi connectivity index (χ0) is 9.72. The van der Waals surface area contributed by atoms with Crippen molar-refractivity contribution in [3.05, 3.63) is 12.3 Å². The van der Waals surface area contributed by atoms with Crippen LogP contribution in [0.25, 0.3) is 0 Å². The Bertz CT molecular complexity index is 207. The van der Waals surface area contributed by atoms with Gasteiger partial charge in [-0.05, 0) is 26.8 Å². The van der Waals surface area contributed by atoms with Crippen LogP contribution in [-0.2, 0) is 4.79 Å². The number of nitrogens with one attached hydrogen (secondary N) is 1. The molecule has 0 heterocycles. The number of rotatable bonds is 3. The van der Waals surface area contributed by atoms with Crippen molar-refractivity contribution in [2.75, 3.05) is 0 Å². The van der Waals surface area contributed by atoms with E-state index in [1.54, 1.807) is 24.1 Å². The van der Waals surface area contributed by atoms with E-state index < -0.39 is 0 Å². The molecule has 0 aromatic rings. The van der Waals surface area contributed by atoms with Gasteiger partial charge in [-0.2, -0.15) is 0 Å². The van der Waals surface area contributed by atoms with E-state index in [1.165, 1.54) is 6.92 Å². The van der Waals surface area contributed by atoms with E-state index in [4.69, 9.17) is 5.41 Å². The normalized spacial score (nSPS) is 10.8. The molecule has 1 amide bonds. The lowest BCUT2D eigenvalue weighted by molar-refractivity contribution is -0.127. The van der Waals surface area contributed by atoms with Crippen LogP contribution in [0.4, 0.5) is 0 Å². The number of nitrogens with zero attached hydrogens (tertiary/aromatic N) is 1. The number of hydrogen-bond acceptors (Lipinski definition) is 2. The summed E-state index contributed by atoms with van der Waals surface area (Å²) in [6, 6.07) is 0.151. The Kier molecular flexibility index (Phi) is 4.26. The van der Waals surface area contributed by atoms with Crippen molar-refractivity contribution in [1.82, 2.24) is 4.90 Å². The molecule has 0 unspecified atom stereocenters. The van der Waals surface area contributed by atoms with Gasteiger partial charge in [0.1, 0.15) is 0 Å². The third-order valence-electron chi connectivity index (χ3n) is 1.41. The third kappa shape index (κ3) is 3.91. The van der Waals surface area contributed by atoms with Crippen LogP contribution in [0.5, 0.6) is 0 Å². The van der Waals surface area contributed by atoms with Crippen LogP contribution in [-0.4, -0.2) is 22.6 Å². The van der Waals surface area contributed by atoms with E-state index in [9.17, 15) is 4.79 Å². The van der Waals surface area contributed by atoms with Gasteiger partial charge in [0.25, 0.3) is 0 Å². The average molecular weight is 168 g/mol. The van der Waals surface area contributed by atoms with Gasteiger partial charge in [-0.15, -0.1) is 0 Å². The highest BCUT2D eigenvalue weighted by Crippen LogP contribution is 1.99. The van der Waals surface area contributed by atoms with Crippen LogP contribution in [0.3, 0.4) is 0 Å². The first-order valence-electron chi connectivity index (χ1n) is 3.97. The Hall–Kier alpha value is -1.12. The lowest BCUT2D eigenvalue weighted by atomic mass is 10.3. The van der Waals surface area contributed by atoms with E-state index in [-0.39, 0.29) is 11.9 Å². The second-order valence-corrected chi connectivity index (χ2v) is 3.02. The van der Waals surface area contributed by atoms with Gasteiger partial charge in [-0.25, -0.2) is 0 Å². The molecular weight excluding hydrogens is 152 g/mol. The predicted octanol–water partition coefficient (Wildman–Crippen LogP) is 1.80. The quantitative estimate of drug-likeness (QED) is 0.641. The van der Waals surface area contributed by atoms with Crippen molar-refractivity contribution >= 4 is 11.6 Å². The van der Waals surface area contributed by atoms with Crippen molar-refractivity contribution in [3.63, 3.8) is 0 Å². The van der Waals surface area contributed by atoms with Gasteiger partial charge in [-0.3, -0.25) is 4.79 Å². The lowest BCUT2D eigenvalue weighted by Gasteiger charge is -2.20. The first-order valence-corrected chi connectivity index (χ1v) is 3.97. The van der Waals surface area contributed by atoms with Crippen LogP contribution in [0.15, 0.2) is 12.3 Å². The molecule has 0 aromatic heterocycles. The lowest BCUT2D eigenvalue weighted by Crippen LogP contribution is -2.29. The highest BCUT2D eigenvalue weighted by atomic mass is 16.2. The second-order valence-electron chi connectivity index (χ2n) is 3.02. The summed E-state index contributed by atoms with van der Waals surface area (Å²) >= 11 is 0. The SMILES string of the molecule is CC(=N)/C=C\N(C(C)=O)C(C)C. The molecule has 0 saturated heterocycles. The number of allylic oxidation sites excluding steroid dienone is 1. The summed E-state index contributed by atoms with van der Waals surface area (Å²) in [6.45, 7) is 7.06. The fourth-order valence-electron chi connectivity index (χ4n) is 0.833. The molecule has 0 saturated carbocycles. The molecule has 0 aromatic carbocycles. The zero-order valence-electron chi connectivity index (χ0n) is 8.09. The minimum Gasteiger partial charge on any atom is -0.317 e. The molecule has 12 heavy (non-hydrogen) atoms. The molecule has 1 N–H and O–H groups in total. The average Bonchev–Trinajstić information content (AvgIpc) is 1.84. The fraction of sp³-hybridized carbons (Fsp3) is 0.556. The van der Waals surface area contributed by atoms with Crippen LogP contribution in [0.1, 0.15) is 27.7 Å². The van der Waals surface area contributed by atoms with E-state index >= 15 is 0 Å². The third-order valence-corrected chi connectivity index (χ3v) is 1.41. The molecule has 3 heteroatoms. The summed E-state index contributed by atoms with van der Waals surface area (Å²) < 4.78 is 0. The van der Waals surface area contributed by atoms with Crippen LogP contribution < -0.4 is 0 Å². The summed E-state index contributed by atoms with van der Waals surface area (Å²) in [5, 5.41) is 7.14. The number of carbonyl (C=O) groups is 1. The van der Waals surface area contributed by atoms with Crippen molar-refractivity contribution in [3.8, 4) is 0 Å². The standard InChI is InChI=1S/C9H16N2O/c1-7(2)11(9(4)12)6-5-8(3)10/h5-7,10H,1-4H3/b6-5-,10-8?. The zero-order valence-corrected chi connectivity index (χ0v) is 8.09. The minimum absolute atomic E-state index is 0.00231. The van der Waals surface area contributed by atoms with Crippen LogP contribution in [0, 0.1) is 5.41 Å². The summed E-state index contributed by atoms with van der Waals surface area (Å²) in [5.74, 6) is 0.00231. The Balaban J connectivity index is 4.33. The highest BCUT2D eigenvalue weighted by molar-refractivity contribution is 5.90. The minimum atomic E-state index is 0.00231. The number of carbonyl (C=O) groups excluding carboxylic acids is 1. The smallest absolute Gasteiger partial charge is 0.223 e. The largest absolute Gasteiger partial charge is 0.317 e. The summed E-state index contributed by atoms with van der Waals surface area (Å²) in [4.78, 5) is 12.6. The van der Waals surface area contributed by atoms with Gasteiger partial charge in [0, 0.05) is 24.9 Å². The van der Waals surface area contributed by atoms with Gasteiger partial charge in [0.05, 0.1) is 0 Å². The molecule has 0 bridgehead atoms. The summed E-state index contributed by atoms with van der Waals surface area (Å²) in [6.07, 6.45) is 3.26. The first kappa shape index (κ1) is 10.9. The monoisotopic (exact) mass is 168 g/mol. The molecule has 68 valence electrons. The molecule has 0 aliphatic heterocycles. The van der Waals surface area contributed by atoms with Crippen LogP contribution >= 0.6 is 0 Å². The molecular formula is C9H16N2O. The van der Waals surface area contributed by atoms with Gasteiger partial charge >= 0.3 is 0 Å². The number of hydrogen-bond donors (Lipinski definition) is 1. The van der Waals surface area contributed by atoms with Gasteiger partial charge in [-0.1, -0.05) is 0 Å². The fourth-order valence-corrected chi connectivity index (χ4v) is 0.833.